The van der Waals surface area contributed by atoms with E-state index < -0.39 is 0 Å². The highest BCUT2D eigenvalue weighted by Gasteiger charge is 2.26. The number of fused-ring (bicyclic) bond motifs is 6. The second-order valence-corrected chi connectivity index (χ2v) is 10.8. The Bertz CT molecular complexity index is 1620. The van der Waals surface area contributed by atoms with E-state index in [-0.39, 0.29) is 0 Å². The maximum atomic E-state index is 2.46. The molecular formula is C30H27N2S2+. The molecule has 0 saturated heterocycles. The van der Waals surface area contributed by atoms with Crippen LogP contribution in [0.3, 0.4) is 0 Å². The predicted molar refractivity (Wildman–Crippen MR) is 150 cm³/mol. The van der Waals surface area contributed by atoms with E-state index in [2.05, 4.69) is 115 Å². The number of anilines is 1. The van der Waals surface area contributed by atoms with Gasteiger partial charge in [-0.1, -0.05) is 77.7 Å². The normalized spacial score (nSPS) is 15.2. The summed E-state index contributed by atoms with van der Waals surface area (Å²) in [5.74, 6) is 0. The molecule has 1 aliphatic rings. The van der Waals surface area contributed by atoms with Gasteiger partial charge in [-0.25, -0.2) is 0 Å². The predicted octanol–water partition coefficient (Wildman–Crippen LogP) is 8.39. The first-order chi connectivity index (χ1) is 16.7. The number of hydrogen-bond donors (Lipinski definition) is 0. The van der Waals surface area contributed by atoms with Crippen LogP contribution in [-0.4, -0.2) is 6.54 Å². The topological polar surface area (TPSA) is 7.12 Å². The van der Waals surface area contributed by atoms with E-state index in [0.717, 1.165) is 13.1 Å². The van der Waals surface area contributed by atoms with Crippen LogP contribution in [0.4, 0.5) is 5.69 Å². The van der Waals surface area contributed by atoms with Gasteiger partial charge in [0.05, 0.1) is 16.1 Å². The molecule has 6 rings (SSSR count). The molecular weight excluding hydrogens is 452 g/mol. The van der Waals surface area contributed by atoms with Crippen molar-refractivity contribution in [1.82, 2.24) is 0 Å². The number of thioether (sulfide) groups is 1. The molecule has 1 aliphatic heterocycles. The van der Waals surface area contributed by atoms with Crippen LogP contribution in [0.25, 0.3) is 37.8 Å². The number of benzene rings is 4. The van der Waals surface area contributed by atoms with Crippen LogP contribution in [-0.2, 0) is 6.54 Å². The van der Waals surface area contributed by atoms with E-state index in [9.17, 15) is 0 Å². The largest absolute Gasteiger partial charge is 0.335 e. The molecule has 2 nitrogen and oxygen atoms in total. The van der Waals surface area contributed by atoms with Gasteiger partial charge < -0.3 is 4.90 Å². The van der Waals surface area contributed by atoms with Gasteiger partial charge in [0, 0.05) is 22.9 Å². The second kappa shape index (κ2) is 8.61. The van der Waals surface area contributed by atoms with Crippen LogP contribution < -0.4 is 9.47 Å². The molecule has 0 bridgehead atoms. The van der Waals surface area contributed by atoms with Gasteiger partial charge in [-0.05, 0) is 61.4 Å². The molecule has 0 N–H and O–H groups in total. The average Bonchev–Trinajstić information content (AvgIpc) is 3.40. The number of rotatable bonds is 4. The standard InChI is InChI=1S/C30H27N2S2/c1-4-31-27(33-25-16-14-21-10-6-8-12-23(21)29(25)31)18-20(3)19-28-32(5-2)30-24-13-9-7-11-22(24)15-17-26(30)34-28/h6-19H,4-5H2,1-3H3/q+1. The summed E-state index contributed by atoms with van der Waals surface area (Å²) in [6.45, 7) is 8.62. The molecule has 168 valence electrons. The SMILES string of the molecule is CCN1/C(=C\C(C)=C\c2sc3ccc4ccccc4c3[n+]2CC)Sc2ccc3ccccc3c21. The summed E-state index contributed by atoms with van der Waals surface area (Å²) in [5, 5.41) is 7.87. The Morgan fingerprint density at radius 1 is 0.882 bits per heavy atom. The van der Waals surface area contributed by atoms with Crippen molar-refractivity contribution in [2.75, 3.05) is 11.4 Å². The van der Waals surface area contributed by atoms with E-state index in [1.54, 1.807) is 0 Å². The minimum atomic E-state index is 0.955. The lowest BCUT2D eigenvalue weighted by Gasteiger charge is -2.19. The first-order valence-corrected chi connectivity index (χ1v) is 13.5. The van der Waals surface area contributed by atoms with E-state index in [1.807, 2.05) is 23.1 Å². The maximum absolute atomic E-state index is 2.46. The lowest BCUT2D eigenvalue weighted by molar-refractivity contribution is -0.664. The lowest BCUT2D eigenvalue weighted by Crippen LogP contribution is -2.33. The van der Waals surface area contributed by atoms with Crippen LogP contribution in [0, 0.1) is 0 Å². The van der Waals surface area contributed by atoms with Gasteiger partial charge in [0.1, 0.15) is 11.2 Å². The van der Waals surface area contributed by atoms with Crippen LogP contribution in [0.15, 0.2) is 94.4 Å². The molecule has 0 saturated carbocycles. The summed E-state index contributed by atoms with van der Waals surface area (Å²) >= 11 is 3.76. The molecule has 0 spiro atoms. The molecule has 0 atom stereocenters. The minimum Gasteiger partial charge on any atom is -0.335 e. The average molecular weight is 480 g/mol. The van der Waals surface area contributed by atoms with Gasteiger partial charge in [0.25, 0.3) is 5.01 Å². The van der Waals surface area contributed by atoms with Crippen LogP contribution in [0.5, 0.6) is 0 Å². The molecule has 2 heterocycles. The van der Waals surface area contributed by atoms with Crippen molar-refractivity contribution in [3.8, 4) is 0 Å². The Morgan fingerprint density at radius 3 is 2.35 bits per heavy atom. The fourth-order valence-electron chi connectivity index (χ4n) is 5.02. The van der Waals surface area contributed by atoms with Crippen molar-refractivity contribution in [1.29, 1.82) is 0 Å². The monoisotopic (exact) mass is 479 g/mol. The third-order valence-electron chi connectivity index (χ3n) is 6.56. The van der Waals surface area contributed by atoms with Gasteiger partial charge in [-0.2, -0.15) is 4.57 Å². The Labute approximate surface area is 208 Å². The Morgan fingerprint density at radius 2 is 1.59 bits per heavy atom. The van der Waals surface area contributed by atoms with Crippen molar-refractivity contribution < 1.29 is 4.57 Å². The summed E-state index contributed by atoms with van der Waals surface area (Å²) in [6.07, 6.45) is 4.71. The van der Waals surface area contributed by atoms with E-state index in [1.165, 1.54) is 58.0 Å². The zero-order chi connectivity index (χ0) is 23.2. The highest BCUT2D eigenvalue weighted by Crippen LogP contribution is 2.49. The highest BCUT2D eigenvalue weighted by atomic mass is 32.2. The molecule has 0 amide bonds. The van der Waals surface area contributed by atoms with Crippen LogP contribution in [0.2, 0.25) is 0 Å². The van der Waals surface area contributed by atoms with Gasteiger partial charge in [-0.3, -0.25) is 0 Å². The number of hydrogen-bond acceptors (Lipinski definition) is 3. The summed E-state index contributed by atoms with van der Waals surface area (Å²) in [5.41, 5.74) is 3.97. The van der Waals surface area contributed by atoms with Crippen molar-refractivity contribution in [3.63, 3.8) is 0 Å². The lowest BCUT2D eigenvalue weighted by atomic mass is 10.1. The van der Waals surface area contributed by atoms with Crippen molar-refractivity contribution in [2.45, 2.75) is 32.2 Å². The smallest absolute Gasteiger partial charge is 0.263 e. The van der Waals surface area contributed by atoms with Crippen molar-refractivity contribution in [2.24, 2.45) is 0 Å². The molecule has 0 unspecified atom stereocenters. The van der Waals surface area contributed by atoms with Crippen LogP contribution >= 0.6 is 23.1 Å². The highest BCUT2D eigenvalue weighted by molar-refractivity contribution is 8.03. The fraction of sp³-hybridized carbons (Fsp3) is 0.167. The molecule has 5 aromatic rings. The van der Waals surface area contributed by atoms with E-state index >= 15 is 0 Å². The Hall–Kier alpha value is -3.08. The number of nitrogens with zero attached hydrogens (tertiary/aromatic N) is 2. The zero-order valence-corrected chi connectivity index (χ0v) is 21.3. The first kappa shape index (κ1) is 21.5. The third-order valence-corrected chi connectivity index (χ3v) is 8.76. The molecule has 0 radical (unpaired) electrons. The van der Waals surface area contributed by atoms with Crippen molar-refractivity contribution >= 4 is 66.6 Å². The molecule has 4 heteroatoms. The quantitative estimate of drug-likeness (QED) is 0.239. The second-order valence-electron chi connectivity index (χ2n) is 8.67. The number of thiazole rings is 1. The minimum absolute atomic E-state index is 0.955. The Balaban J connectivity index is 1.43. The molecule has 4 aromatic carbocycles. The Kier molecular flexibility index (Phi) is 5.43. The van der Waals surface area contributed by atoms with Crippen molar-refractivity contribution in [3.05, 3.63) is 94.5 Å². The summed E-state index contributed by atoms with van der Waals surface area (Å²) in [7, 11) is 0. The molecule has 0 aliphatic carbocycles. The summed E-state index contributed by atoms with van der Waals surface area (Å²) < 4.78 is 3.81. The van der Waals surface area contributed by atoms with E-state index in [4.69, 9.17) is 0 Å². The molecule has 0 fully saturated rings. The first-order valence-electron chi connectivity index (χ1n) is 11.9. The summed E-state index contributed by atoms with van der Waals surface area (Å²) in [6, 6.07) is 26.4. The number of aromatic nitrogens is 1. The van der Waals surface area contributed by atoms with Crippen LogP contribution in [0.1, 0.15) is 25.8 Å². The number of aryl methyl sites for hydroxylation is 1. The fourth-order valence-corrected chi connectivity index (χ4v) is 7.53. The summed E-state index contributed by atoms with van der Waals surface area (Å²) in [4.78, 5) is 3.81. The van der Waals surface area contributed by atoms with Gasteiger partial charge in [0.2, 0.25) is 5.52 Å². The maximum Gasteiger partial charge on any atom is 0.263 e. The molecule has 1 aromatic heterocycles. The third kappa shape index (κ3) is 3.44. The van der Waals surface area contributed by atoms with Gasteiger partial charge in [-0.15, -0.1) is 0 Å². The van der Waals surface area contributed by atoms with E-state index in [0.29, 0.717) is 0 Å². The van der Waals surface area contributed by atoms with Gasteiger partial charge >= 0.3 is 0 Å². The number of allylic oxidation sites excluding steroid dienone is 2. The van der Waals surface area contributed by atoms with Gasteiger partial charge in [0.15, 0.2) is 0 Å². The molecule has 34 heavy (non-hydrogen) atoms. The zero-order valence-electron chi connectivity index (χ0n) is 19.7.